The average molecular weight is 394 g/mol. The Bertz CT molecular complexity index is 1200. The Morgan fingerprint density at radius 2 is 1.86 bits per heavy atom. The number of halogens is 1. The van der Waals surface area contributed by atoms with Crippen LogP contribution in [0.3, 0.4) is 0 Å². The second kappa shape index (κ2) is 7.28. The van der Waals surface area contributed by atoms with Crippen LogP contribution in [-0.4, -0.2) is 32.5 Å². The van der Waals surface area contributed by atoms with Crippen molar-refractivity contribution >= 4 is 34.4 Å². The highest BCUT2D eigenvalue weighted by atomic mass is 35.5. The van der Waals surface area contributed by atoms with Gasteiger partial charge in [-0.1, -0.05) is 41.9 Å². The van der Waals surface area contributed by atoms with Crippen molar-refractivity contribution in [2.24, 2.45) is 0 Å². The molecule has 0 bridgehead atoms. The molecule has 0 aliphatic heterocycles. The van der Waals surface area contributed by atoms with Gasteiger partial charge < -0.3 is 9.88 Å². The number of carbonyl (C=O) groups is 1. The standard InChI is InChI=1S/C20H16ClN5O2/c1-25(15-9-7-14(21)8-10-15)17(27)12-26-19-16(23-20(26)28)11-22-18(24-19)13-5-3-2-4-6-13/h2-11H,12H2,1H3,(H,23,28). The summed E-state index contributed by atoms with van der Waals surface area (Å²) in [6, 6.07) is 16.3. The number of anilines is 1. The van der Waals surface area contributed by atoms with E-state index in [1.807, 2.05) is 30.3 Å². The molecule has 140 valence electrons. The van der Waals surface area contributed by atoms with Crippen LogP contribution >= 0.6 is 11.6 Å². The first-order valence-electron chi connectivity index (χ1n) is 8.56. The summed E-state index contributed by atoms with van der Waals surface area (Å²) in [5.41, 5.74) is 1.96. The van der Waals surface area contributed by atoms with Gasteiger partial charge in [0.15, 0.2) is 11.5 Å². The monoisotopic (exact) mass is 393 g/mol. The van der Waals surface area contributed by atoms with Gasteiger partial charge in [0, 0.05) is 23.3 Å². The second-order valence-corrected chi connectivity index (χ2v) is 6.68. The molecular weight excluding hydrogens is 378 g/mol. The van der Waals surface area contributed by atoms with E-state index in [0.29, 0.717) is 27.7 Å². The molecule has 0 unspecified atom stereocenters. The fourth-order valence-corrected chi connectivity index (χ4v) is 2.99. The summed E-state index contributed by atoms with van der Waals surface area (Å²) in [5.74, 6) is 0.226. The quantitative estimate of drug-likeness (QED) is 0.577. The van der Waals surface area contributed by atoms with Crippen molar-refractivity contribution in [3.8, 4) is 11.4 Å². The smallest absolute Gasteiger partial charge is 0.314 e. The fourth-order valence-electron chi connectivity index (χ4n) is 2.87. The maximum Gasteiger partial charge on any atom is 0.328 e. The van der Waals surface area contributed by atoms with Crippen LogP contribution < -0.4 is 10.6 Å². The summed E-state index contributed by atoms with van der Waals surface area (Å²) in [6.45, 7) is -0.150. The van der Waals surface area contributed by atoms with Crippen LogP contribution in [0.5, 0.6) is 0 Å². The van der Waals surface area contributed by atoms with Gasteiger partial charge in [-0.3, -0.25) is 9.36 Å². The maximum atomic E-state index is 12.7. The minimum absolute atomic E-state index is 0.150. The highest BCUT2D eigenvalue weighted by Gasteiger charge is 2.17. The lowest BCUT2D eigenvalue weighted by atomic mass is 10.2. The lowest BCUT2D eigenvalue weighted by molar-refractivity contribution is -0.118. The van der Waals surface area contributed by atoms with E-state index < -0.39 is 5.69 Å². The number of aromatic amines is 1. The van der Waals surface area contributed by atoms with E-state index >= 15 is 0 Å². The summed E-state index contributed by atoms with van der Waals surface area (Å²) in [4.78, 5) is 38.1. The number of rotatable bonds is 4. The number of hydrogen-bond acceptors (Lipinski definition) is 4. The number of hydrogen-bond donors (Lipinski definition) is 1. The SMILES string of the molecule is CN(C(=O)Cn1c(=O)[nH]c2cnc(-c3ccccc3)nc21)c1ccc(Cl)cc1. The molecule has 1 N–H and O–H groups in total. The van der Waals surface area contributed by atoms with Crippen LogP contribution in [0.1, 0.15) is 0 Å². The second-order valence-electron chi connectivity index (χ2n) is 6.24. The number of fused-ring (bicyclic) bond motifs is 1. The van der Waals surface area contributed by atoms with Gasteiger partial charge in [-0.05, 0) is 24.3 Å². The van der Waals surface area contributed by atoms with Gasteiger partial charge >= 0.3 is 5.69 Å². The lowest BCUT2D eigenvalue weighted by Crippen LogP contribution is -2.33. The Balaban J connectivity index is 1.68. The van der Waals surface area contributed by atoms with Crippen molar-refractivity contribution in [3.05, 3.63) is 76.3 Å². The lowest BCUT2D eigenvalue weighted by Gasteiger charge is -2.17. The number of benzene rings is 2. The van der Waals surface area contributed by atoms with Gasteiger partial charge in [0.25, 0.3) is 0 Å². The Kier molecular flexibility index (Phi) is 4.67. The van der Waals surface area contributed by atoms with Crippen LogP contribution in [0.4, 0.5) is 5.69 Å². The molecule has 2 aromatic carbocycles. The third-order valence-electron chi connectivity index (χ3n) is 4.42. The normalized spacial score (nSPS) is 10.9. The summed E-state index contributed by atoms with van der Waals surface area (Å²) in [5, 5.41) is 0.586. The molecule has 0 radical (unpaired) electrons. The average Bonchev–Trinajstić information content (AvgIpc) is 3.03. The van der Waals surface area contributed by atoms with Crippen molar-refractivity contribution < 1.29 is 4.79 Å². The van der Waals surface area contributed by atoms with Crippen LogP contribution in [0.15, 0.2) is 65.6 Å². The molecule has 0 aliphatic rings. The zero-order valence-corrected chi connectivity index (χ0v) is 15.7. The Morgan fingerprint density at radius 3 is 2.57 bits per heavy atom. The van der Waals surface area contributed by atoms with E-state index in [1.54, 1.807) is 37.5 Å². The fraction of sp³-hybridized carbons (Fsp3) is 0.100. The highest BCUT2D eigenvalue weighted by Crippen LogP contribution is 2.19. The molecule has 0 aliphatic carbocycles. The number of likely N-dealkylation sites (N-methyl/N-ethyl adjacent to an activating group) is 1. The number of amides is 1. The minimum atomic E-state index is -0.410. The van der Waals surface area contributed by atoms with E-state index in [1.165, 1.54) is 9.47 Å². The first kappa shape index (κ1) is 17.9. The van der Waals surface area contributed by atoms with Gasteiger partial charge in [-0.15, -0.1) is 0 Å². The summed E-state index contributed by atoms with van der Waals surface area (Å²) in [7, 11) is 1.65. The first-order chi connectivity index (χ1) is 13.5. The van der Waals surface area contributed by atoms with Gasteiger partial charge in [-0.2, -0.15) is 0 Å². The van der Waals surface area contributed by atoms with Crippen molar-refractivity contribution in [1.82, 2.24) is 19.5 Å². The number of carbonyl (C=O) groups excluding carboxylic acids is 1. The molecule has 7 nitrogen and oxygen atoms in total. The van der Waals surface area contributed by atoms with Crippen molar-refractivity contribution in [2.45, 2.75) is 6.54 Å². The molecule has 0 atom stereocenters. The molecule has 0 fully saturated rings. The predicted molar refractivity (Wildman–Crippen MR) is 108 cm³/mol. The predicted octanol–water partition coefficient (Wildman–Crippen LogP) is 3.10. The van der Waals surface area contributed by atoms with Crippen LogP contribution in [0, 0.1) is 0 Å². The molecular formula is C20H16ClN5O2. The molecule has 2 aromatic heterocycles. The molecule has 0 saturated carbocycles. The number of imidazole rings is 1. The van der Waals surface area contributed by atoms with Crippen LogP contribution in [0.2, 0.25) is 5.02 Å². The topological polar surface area (TPSA) is 83.9 Å². The zero-order chi connectivity index (χ0) is 19.7. The third-order valence-corrected chi connectivity index (χ3v) is 4.68. The Labute approximate surface area is 165 Å². The van der Waals surface area contributed by atoms with Crippen LogP contribution in [0.25, 0.3) is 22.6 Å². The molecule has 4 rings (SSSR count). The molecule has 0 saturated heterocycles. The molecule has 8 heteroatoms. The third kappa shape index (κ3) is 3.39. The summed E-state index contributed by atoms with van der Waals surface area (Å²) < 4.78 is 1.32. The van der Waals surface area contributed by atoms with E-state index in [2.05, 4.69) is 15.0 Å². The van der Waals surface area contributed by atoms with Crippen LogP contribution in [-0.2, 0) is 11.3 Å². The van der Waals surface area contributed by atoms with E-state index in [4.69, 9.17) is 11.6 Å². The van der Waals surface area contributed by atoms with Crippen molar-refractivity contribution in [3.63, 3.8) is 0 Å². The Hall–Kier alpha value is -3.45. The first-order valence-corrected chi connectivity index (χ1v) is 8.94. The largest absolute Gasteiger partial charge is 0.328 e. The molecule has 0 spiro atoms. The van der Waals surface area contributed by atoms with Gasteiger partial charge in [0.1, 0.15) is 12.1 Å². The minimum Gasteiger partial charge on any atom is -0.314 e. The molecule has 28 heavy (non-hydrogen) atoms. The van der Waals surface area contributed by atoms with Gasteiger partial charge in [0.2, 0.25) is 5.91 Å². The van der Waals surface area contributed by atoms with Gasteiger partial charge in [-0.25, -0.2) is 14.8 Å². The maximum absolute atomic E-state index is 12.7. The van der Waals surface area contributed by atoms with E-state index in [0.717, 1.165) is 5.56 Å². The van der Waals surface area contributed by atoms with Gasteiger partial charge in [0.05, 0.1) is 6.20 Å². The molecule has 1 amide bonds. The number of nitrogens with zero attached hydrogens (tertiary/aromatic N) is 4. The summed E-state index contributed by atoms with van der Waals surface area (Å²) >= 11 is 5.90. The van der Waals surface area contributed by atoms with E-state index in [-0.39, 0.29) is 12.5 Å². The van der Waals surface area contributed by atoms with Crippen molar-refractivity contribution in [2.75, 3.05) is 11.9 Å². The van der Waals surface area contributed by atoms with E-state index in [9.17, 15) is 9.59 Å². The molecule has 4 aromatic rings. The summed E-state index contributed by atoms with van der Waals surface area (Å²) in [6.07, 6.45) is 1.55. The number of H-pyrrole nitrogens is 1. The molecule has 2 heterocycles. The highest BCUT2D eigenvalue weighted by molar-refractivity contribution is 6.30. The zero-order valence-electron chi connectivity index (χ0n) is 15.0. The number of nitrogens with one attached hydrogen (secondary N) is 1. The Morgan fingerprint density at radius 1 is 1.14 bits per heavy atom. The van der Waals surface area contributed by atoms with Crippen molar-refractivity contribution in [1.29, 1.82) is 0 Å². The number of aromatic nitrogens is 4.